The first-order chi connectivity index (χ1) is 34.6. The molecule has 71 heavy (non-hydrogen) atoms. The van der Waals surface area contributed by atoms with Crippen LogP contribution in [0.3, 0.4) is 0 Å². The van der Waals surface area contributed by atoms with Gasteiger partial charge in [0.2, 0.25) is 0 Å². The first kappa shape index (κ1) is 60.8. The normalized spacial score (nSPS) is 11.2. The van der Waals surface area contributed by atoms with Gasteiger partial charge in [-0.05, 0) is 150 Å². The van der Waals surface area contributed by atoms with Gasteiger partial charge in [0.05, 0.1) is 39.6 Å². The zero-order valence-corrected chi connectivity index (χ0v) is 45.7. The van der Waals surface area contributed by atoms with Crippen LogP contribution in [0.2, 0.25) is 0 Å². The summed E-state index contributed by atoms with van der Waals surface area (Å²) < 4.78 is 34.2. The summed E-state index contributed by atoms with van der Waals surface area (Å²) in [7, 11) is 0. The van der Waals surface area contributed by atoms with Gasteiger partial charge >= 0.3 is 17.9 Å². The van der Waals surface area contributed by atoms with Crippen molar-refractivity contribution in [3.05, 3.63) is 87.5 Å². The van der Waals surface area contributed by atoms with Gasteiger partial charge in [0, 0.05) is 25.2 Å². The van der Waals surface area contributed by atoms with Crippen LogP contribution >= 0.6 is 0 Å². The molecule has 0 bridgehead atoms. The van der Waals surface area contributed by atoms with Crippen LogP contribution in [-0.2, 0) is 28.6 Å². The molecular formula is C62H96O9. The fraction of sp³-hybridized carbons (Fsp3) is 0.661. The third-order valence-corrected chi connectivity index (χ3v) is 13.5. The van der Waals surface area contributed by atoms with Gasteiger partial charge in [0.15, 0.2) is 0 Å². The van der Waals surface area contributed by atoms with E-state index in [9.17, 15) is 14.4 Å². The minimum Gasteiger partial charge on any atom is -0.494 e. The molecule has 3 rings (SSSR count). The summed E-state index contributed by atoms with van der Waals surface area (Å²) in [4.78, 5) is 34.7. The largest absolute Gasteiger partial charge is 0.494 e. The Bertz CT molecular complexity index is 1810. The molecule has 0 saturated heterocycles. The molecule has 0 aliphatic rings. The fourth-order valence-corrected chi connectivity index (χ4v) is 9.39. The molecule has 0 radical (unpaired) electrons. The second kappa shape index (κ2) is 38.1. The number of unbranched alkanes of at least 4 members (excludes halogenated alkanes) is 21. The summed E-state index contributed by atoms with van der Waals surface area (Å²) >= 11 is 0. The first-order valence-electron chi connectivity index (χ1n) is 28.2. The van der Waals surface area contributed by atoms with E-state index >= 15 is 0 Å². The van der Waals surface area contributed by atoms with Crippen molar-refractivity contribution in [3.63, 3.8) is 0 Å². The number of aryl methyl sites for hydroxylation is 4. The molecule has 0 atom stereocenters. The van der Waals surface area contributed by atoms with Gasteiger partial charge in [0.1, 0.15) is 17.2 Å². The number of benzene rings is 3. The van der Waals surface area contributed by atoms with Crippen LogP contribution in [0.15, 0.2) is 48.5 Å². The number of hydrogen-bond donors (Lipinski definition) is 0. The number of rotatable bonds is 42. The summed E-state index contributed by atoms with van der Waals surface area (Å²) in [6, 6.07) is 17.9. The maximum Gasteiger partial charge on any atom is 0.305 e. The first-order valence-corrected chi connectivity index (χ1v) is 28.2. The molecule has 0 spiro atoms. The van der Waals surface area contributed by atoms with E-state index in [1.165, 1.54) is 105 Å². The lowest BCUT2D eigenvalue weighted by Gasteiger charge is -2.25. The fourth-order valence-electron chi connectivity index (χ4n) is 9.39. The third kappa shape index (κ3) is 26.1. The van der Waals surface area contributed by atoms with Crippen molar-refractivity contribution in [2.75, 3.05) is 39.6 Å². The smallest absolute Gasteiger partial charge is 0.305 e. The Balaban J connectivity index is 1.58. The van der Waals surface area contributed by atoms with Crippen molar-refractivity contribution in [2.24, 2.45) is 0 Å². The molecule has 0 aromatic heterocycles. The van der Waals surface area contributed by atoms with E-state index in [1.54, 1.807) is 0 Å². The third-order valence-electron chi connectivity index (χ3n) is 13.5. The maximum absolute atomic E-state index is 11.6. The molecule has 3 aromatic rings. The van der Waals surface area contributed by atoms with Crippen LogP contribution in [0.5, 0.6) is 17.2 Å². The Morgan fingerprint density at radius 2 is 0.662 bits per heavy atom. The minimum atomic E-state index is -0.0746. The van der Waals surface area contributed by atoms with Gasteiger partial charge in [-0.2, -0.15) is 0 Å². The number of esters is 3. The zero-order valence-electron chi connectivity index (χ0n) is 45.7. The summed E-state index contributed by atoms with van der Waals surface area (Å²) in [5, 5.41) is 0. The Morgan fingerprint density at radius 1 is 0.366 bits per heavy atom. The lowest BCUT2D eigenvalue weighted by molar-refractivity contribution is -0.144. The van der Waals surface area contributed by atoms with Crippen molar-refractivity contribution in [2.45, 2.75) is 228 Å². The van der Waals surface area contributed by atoms with Gasteiger partial charge in [-0.25, -0.2) is 0 Å². The Kier molecular flexibility index (Phi) is 32.6. The molecule has 9 heteroatoms. The Morgan fingerprint density at radius 3 is 0.986 bits per heavy atom. The molecule has 0 amide bonds. The monoisotopic (exact) mass is 985 g/mol. The Labute approximate surface area is 431 Å². The molecule has 0 fully saturated rings. The van der Waals surface area contributed by atoms with Crippen LogP contribution in [0.25, 0.3) is 0 Å². The van der Waals surface area contributed by atoms with Crippen molar-refractivity contribution >= 4 is 17.9 Å². The molecule has 9 nitrogen and oxygen atoms in total. The van der Waals surface area contributed by atoms with Crippen molar-refractivity contribution < 1.29 is 42.8 Å². The quantitative estimate of drug-likeness (QED) is 0.0237. The van der Waals surface area contributed by atoms with Gasteiger partial charge in [0.25, 0.3) is 0 Å². The number of carbonyl (C=O) groups excluding carboxylic acids is 3. The molecule has 0 unspecified atom stereocenters. The highest BCUT2D eigenvalue weighted by atomic mass is 16.5. The molecule has 0 saturated carbocycles. The molecule has 0 aliphatic heterocycles. The summed E-state index contributed by atoms with van der Waals surface area (Å²) in [6.07, 6.45) is 28.7. The lowest BCUT2D eigenvalue weighted by Crippen LogP contribution is -2.10. The van der Waals surface area contributed by atoms with E-state index in [0.29, 0.717) is 58.9 Å². The van der Waals surface area contributed by atoms with E-state index in [1.807, 2.05) is 20.8 Å². The molecule has 0 N–H and O–H groups in total. The summed E-state index contributed by atoms with van der Waals surface area (Å²) in [5.74, 6) is 2.62. The van der Waals surface area contributed by atoms with Crippen LogP contribution in [0.1, 0.15) is 239 Å². The van der Waals surface area contributed by atoms with E-state index < -0.39 is 0 Å². The lowest BCUT2D eigenvalue weighted by atomic mass is 9.80. The topological polar surface area (TPSA) is 107 Å². The number of carbonyl (C=O) groups is 3. The van der Waals surface area contributed by atoms with Crippen LogP contribution in [0, 0.1) is 27.7 Å². The molecule has 0 heterocycles. The second-order valence-electron chi connectivity index (χ2n) is 19.6. The minimum absolute atomic E-state index is 0.0186. The van der Waals surface area contributed by atoms with Crippen LogP contribution in [0.4, 0.5) is 0 Å². The average molecular weight is 985 g/mol. The van der Waals surface area contributed by atoms with Gasteiger partial charge in [-0.15, -0.1) is 0 Å². The second-order valence-corrected chi connectivity index (χ2v) is 19.6. The van der Waals surface area contributed by atoms with Crippen molar-refractivity contribution in [1.82, 2.24) is 0 Å². The molecule has 398 valence electrons. The zero-order chi connectivity index (χ0) is 51.3. The van der Waals surface area contributed by atoms with Crippen molar-refractivity contribution in [3.8, 4) is 17.2 Å². The predicted molar refractivity (Wildman–Crippen MR) is 290 cm³/mol. The standard InChI is InChI=1S/C62H96O9/c1-8-66-59(63)35-29-23-17-11-14-20-26-32-42-69-54-40-38-53(39-41-54)62(55-45-51(6)57(47-49(55)4)70-43-33-27-21-15-12-18-24-30-36-60(64)67-9-2)56-46-52(7)58(48-50(56)5)71-44-34-28-22-16-13-19-25-31-37-61(65)68-10-3/h38-41,45-48,62H,8-37,42-44H2,1-7H3. The Hall–Kier alpha value is -4.53. The number of ether oxygens (including phenoxy) is 6. The van der Waals surface area contributed by atoms with Gasteiger partial charge in [-0.1, -0.05) is 140 Å². The SMILES string of the molecule is CCOC(=O)CCCCCCCCCCOc1ccc(C(c2cc(C)c(OCCCCCCCCCCC(=O)OCC)cc2C)c2cc(C)c(OCCCCCCCCCCC(=O)OCC)cc2C)cc1. The highest BCUT2D eigenvalue weighted by Crippen LogP contribution is 2.40. The maximum atomic E-state index is 11.6. The predicted octanol–water partition coefficient (Wildman–Crippen LogP) is 16.5. The summed E-state index contributed by atoms with van der Waals surface area (Å²) in [5.41, 5.74) is 8.51. The summed E-state index contributed by atoms with van der Waals surface area (Å²) in [6.45, 7) is 17.9. The van der Waals surface area contributed by atoms with E-state index in [4.69, 9.17) is 28.4 Å². The van der Waals surface area contributed by atoms with Crippen LogP contribution in [-0.4, -0.2) is 57.5 Å². The molecular weight excluding hydrogens is 889 g/mol. The molecule has 3 aromatic carbocycles. The van der Waals surface area contributed by atoms with Crippen molar-refractivity contribution in [1.29, 1.82) is 0 Å². The number of hydrogen-bond acceptors (Lipinski definition) is 9. The van der Waals surface area contributed by atoms with E-state index in [2.05, 4.69) is 76.2 Å². The van der Waals surface area contributed by atoms with Gasteiger partial charge in [-0.3, -0.25) is 14.4 Å². The highest BCUT2D eigenvalue weighted by Gasteiger charge is 2.24. The van der Waals surface area contributed by atoms with Gasteiger partial charge < -0.3 is 28.4 Å². The highest BCUT2D eigenvalue weighted by molar-refractivity contribution is 5.70. The molecule has 0 aliphatic carbocycles. The van der Waals surface area contributed by atoms with E-state index in [-0.39, 0.29) is 23.8 Å². The average Bonchev–Trinajstić information content (AvgIpc) is 3.35. The van der Waals surface area contributed by atoms with Crippen LogP contribution < -0.4 is 14.2 Å². The van der Waals surface area contributed by atoms with E-state index in [0.717, 1.165) is 105 Å².